The number of nitrogens with one attached hydrogen (secondary N) is 2. The third-order valence-corrected chi connectivity index (χ3v) is 5.69. The number of nitro benzene ring substituents is 1. The lowest BCUT2D eigenvalue weighted by Gasteiger charge is -2.12. The van der Waals surface area contributed by atoms with E-state index in [2.05, 4.69) is 20.0 Å². The van der Waals surface area contributed by atoms with Crippen LogP contribution in [0.25, 0.3) is 0 Å². The number of anilines is 2. The molecule has 3 rings (SSSR count). The molecule has 10 nitrogen and oxygen atoms in total. The molecular formula is C21H18F2N4O6S. The van der Waals surface area contributed by atoms with Crippen molar-refractivity contribution in [3.8, 4) is 11.5 Å². The van der Waals surface area contributed by atoms with Gasteiger partial charge in [-0.15, -0.1) is 0 Å². The fraction of sp³-hybridized carbons (Fsp3) is 0.0952. The first-order chi connectivity index (χ1) is 16.2. The van der Waals surface area contributed by atoms with Crippen molar-refractivity contribution in [3.05, 3.63) is 82.4 Å². The van der Waals surface area contributed by atoms with E-state index in [9.17, 15) is 27.3 Å². The number of para-hydroxylation sites is 2. The molecule has 2 N–H and O–H groups in total. The van der Waals surface area contributed by atoms with Gasteiger partial charge in [0.05, 0.1) is 28.8 Å². The fourth-order valence-corrected chi connectivity index (χ4v) is 3.86. The number of hydrogen-bond acceptors (Lipinski definition) is 8. The zero-order valence-corrected chi connectivity index (χ0v) is 18.3. The molecular weight excluding hydrogens is 474 g/mol. The number of benzene rings is 3. The zero-order valence-electron chi connectivity index (χ0n) is 17.5. The number of hydrazone groups is 1. The van der Waals surface area contributed by atoms with Crippen molar-refractivity contribution in [2.24, 2.45) is 5.10 Å². The van der Waals surface area contributed by atoms with E-state index < -0.39 is 27.2 Å². The van der Waals surface area contributed by atoms with Crippen molar-refractivity contribution >= 4 is 33.3 Å². The maximum atomic E-state index is 12.8. The first kappa shape index (κ1) is 24.4. The second kappa shape index (κ2) is 10.6. The van der Waals surface area contributed by atoms with Gasteiger partial charge in [0.1, 0.15) is 17.2 Å². The Morgan fingerprint density at radius 1 is 1.06 bits per heavy atom. The summed E-state index contributed by atoms with van der Waals surface area (Å²) < 4.78 is 61.6. The van der Waals surface area contributed by atoms with Crippen LogP contribution >= 0.6 is 0 Å². The molecule has 0 radical (unpaired) electrons. The quantitative estimate of drug-likeness (QED) is 0.243. The Bertz CT molecular complexity index is 1300. The van der Waals surface area contributed by atoms with Crippen LogP contribution in [0.2, 0.25) is 0 Å². The number of nitrogens with zero attached hydrogens (tertiary/aromatic N) is 2. The van der Waals surface area contributed by atoms with Crippen LogP contribution in [-0.2, 0) is 10.0 Å². The third-order valence-electron chi connectivity index (χ3n) is 4.33. The van der Waals surface area contributed by atoms with Crippen LogP contribution in [0.5, 0.6) is 11.5 Å². The molecule has 0 atom stereocenters. The molecule has 0 saturated carbocycles. The van der Waals surface area contributed by atoms with Gasteiger partial charge in [0.2, 0.25) is 0 Å². The minimum atomic E-state index is -4.16. The molecule has 0 aromatic heterocycles. The van der Waals surface area contributed by atoms with Crippen LogP contribution in [0.3, 0.4) is 0 Å². The summed E-state index contributed by atoms with van der Waals surface area (Å²) in [5, 5.41) is 15.4. The summed E-state index contributed by atoms with van der Waals surface area (Å²) >= 11 is 0. The molecule has 0 saturated heterocycles. The number of halogens is 2. The lowest BCUT2D eigenvalue weighted by atomic mass is 10.2. The van der Waals surface area contributed by atoms with Gasteiger partial charge in [-0.2, -0.15) is 13.9 Å². The Morgan fingerprint density at radius 3 is 2.41 bits per heavy atom. The van der Waals surface area contributed by atoms with E-state index in [1.165, 1.54) is 55.8 Å². The van der Waals surface area contributed by atoms with Crippen molar-refractivity contribution in [1.82, 2.24) is 0 Å². The van der Waals surface area contributed by atoms with Gasteiger partial charge in [0.15, 0.2) is 0 Å². The smallest absolute Gasteiger partial charge is 0.387 e. The lowest BCUT2D eigenvalue weighted by molar-refractivity contribution is -0.384. The monoisotopic (exact) mass is 492 g/mol. The van der Waals surface area contributed by atoms with Gasteiger partial charge in [-0.25, -0.2) is 8.42 Å². The van der Waals surface area contributed by atoms with Crippen molar-refractivity contribution in [1.29, 1.82) is 0 Å². The molecule has 178 valence electrons. The van der Waals surface area contributed by atoms with Crippen LogP contribution in [0.15, 0.2) is 76.7 Å². The SMILES string of the molecule is COc1ccccc1NS(=O)(=O)c1ccc(NN=Cc2ccc(OC(F)F)cc2)c([N+](=O)[O-])c1. The van der Waals surface area contributed by atoms with E-state index in [4.69, 9.17) is 4.74 Å². The predicted molar refractivity (Wildman–Crippen MR) is 121 cm³/mol. The molecule has 0 aliphatic rings. The Kier molecular flexibility index (Phi) is 7.58. The van der Waals surface area contributed by atoms with E-state index in [0.29, 0.717) is 5.56 Å². The summed E-state index contributed by atoms with van der Waals surface area (Å²) in [6.07, 6.45) is 1.30. The molecule has 0 aliphatic heterocycles. The van der Waals surface area contributed by atoms with Crippen LogP contribution in [0.1, 0.15) is 5.56 Å². The zero-order chi connectivity index (χ0) is 24.7. The highest BCUT2D eigenvalue weighted by atomic mass is 32.2. The van der Waals surface area contributed by atoms with Gasteiger partial charge < -0.3 is 9.47 Å². The molecule has 0 spiro atoms. The number of alkyl halides is 2. The average Bonchev–Trinajstić information content (AvgIpc) is 2.80. The topological polar surface area (TPSA) is 132 Å². The number of sulfonamides is 1. The van der Waals surface area contributed by atoms with Crippen LogP contribution in [-0.4, -0.2) is 33.3 Å². The molecule has 0 heterocycles. The number of methoxy groups -OCH3 is 1. The Hall–Kier alpha value is -4.26. The van der Waals surface area contributed by atoms with Gasteiger partial charge in [-0.05, 0) is 54.1 Å². The highest BCUT2D eigenvalue weighted by Crippen LogP contribution is 2.30. The molecule has 0 amide bonds. The second-order valence-electron chi connectivity index (χ2n) is 6.56. The molecule has 3 aromatic carbocycles. The number of rotatable bonds is 10. The van der Waals surface area contributed by atoms with Crippen LogP contribution in [0, 0.1) is 10.1 Å². The first-order valence-electron chi connectivity index (χ1n) is 9.48. The molecule has 34 heavy (non-hydrogen) atoms. The highest BCUT2D eigenvalue weighted by molar-refractivity contribution is 7.92. The summed E-state index contributed by atoms with van der Waals surface area (Å²) in [7, 11) is -2.78. The molecule has 0 fully saturated rings. The van der Waals surface area contributed by atoms with Crippen molar-refractivity contribution in [2.45, 2.75) is 11.5 Å². The molecule has 13 heteroatoms. The number of ether oxygens (including phenoxy) is 2. The maximum absolute atomic E-state index is 12.8. The van der Waals surface area contributed by atoms with E-state index in [1.54, 1.807) is 18.2 Å². The van der Waals surface area contributed by atoms with Gasteiger partial charge >= 0.3 is 6.61 Å². The summed E-state index contributed by atoms with van der Waals surface area (Å²) in [5.74, 6) is 0.247. The van der Waals surface area contributed by atoms with E-state index in [0.717, 1.165) is 6.07 Å². The third kappa shape index (κ3) is 6.16. The summed E-state index contributed by atoms with van der Waals surface area (Å²) in [4.78, 5) is 10.4. The largest absolute Gasteiger partial charge is 0.495 e. The second-order valence-corrected chi connectivity index (χ2v) is 8.24. The number of hydrogen-bond donors (Lipinski definition) is 2. The van der Waals surface area contributed by atoms with Crippen molar-refractivity contribution in [3.63, 3.8) is 0 Å². The first-order valence-corrected chi connectivity index (χ1v) is 11.0. The normalized spacial score (nSPS) is 11.4. The van der Waals surface area contributed by atoms with Gasteiger partial charge in [0, 0.05) is 6.07 Å². The van der Waals surface area contributed by atoms with E-state index in [1.807, 2.05) is 0 Å². The van der Waals surface area contributed by atoms with Crippen LogP contribution in [0.4, 0.5) is 25.8 Å². The maximum Gasteiger partial charge on any atom is 0.387 e. The van der Waals surface area contributed by atoms with Gasteiger partial charge in [-0.1, -0.05) is 12.1 Å². The fourth-order valence-electron chi connectivity index (χ4n) is 2.77. The van der Waals surface area contributed by atoms with E-state index >= 15 is 0 Å². The number of nitro groups is 1. The predicted octanol–water partition coefficient (Wildman–Crippen LogP) is 4.45. The minimum absolute atomic E-state index is 0.0331. The molecule has 0 bridgehead atoms. The van der Waals surface area contributed by atoms with Crippen molar-refractivity contribution < 1.29 is 31.6 Å². The molecule has 0 unspecified atom stereocenters. The molecule has 3 aromatic rings. The average molecular weight is 492 g/mol. The minimum Gasteiger partial charge on any atom is -0.495 e. The Morgan fingerprint density at radius 2 is 1.76 bits per heavy atom. The summed E-state index contributed by atoms with van der Waals surface area (Å²) in [5.41, 5.74) is 2.56. The van der Waals surface area contributed by atoms with Gasteiger partial charge in [-0.3, -0.25) is 20.3 Å². The summed E-state index contributed by atoms with van der Waals surface area (Å²) in [6, 6.07) is 15.1. The van der Waals surface area contributed by atoms with Gasteiger partial charge in [0.25, 0.3) is 15.7 Å². The van der Waals surface area contributed by atoms with E-state index in [-0.39, 0.29) is 27.8 Å². The summed E-state index contributed by atoms with van der Waals surface area (Å²) in [6.45, 7) is -2.95. The lowest BCUT2D eigenvalue weighted by Crippen LogP contribution is -2.14. The highest BCUT2D eigenvalue weighted by Gasteiger charge is 2.22. The molecule has 0 aliphatic carbocycles. The standard InChI is InChI=1S/C21H18F2N4O6S/c1-32-20-5-3-2-4-18(20)26-34(30,31)16-10-11-17(19(12-16)27(28)29)25-24-13-14-6-8-15(9-7-14)33-21(22)23/h2-13,21,25-26H,1H3. The van der Waals surface area contributed by atoms with Crippen molar-refractivity contribution in [2.75, 3.05) is 17.3 Å². The Balaban J connectivity index is 1.79. The Labute approximate surface area is 193 Å². The van der Waals surface area contributed by atoms with Crippen LogP contribution < -0.4 is 19.6 Å².